The van der Waals surface area contributed by atoms with Crippen molar-refractivity contribution in [1.29, 1.82) is 0 Å². The Hall–Kier alpha value is -2.24. The van der Waals surface area contributed by atoms with Gasteiger partial charge in [-0.1, -0.05) is 42.5 Å². The summed E-state index contributed by atoms with van der Waals surface area (Å²) >= 11 is 0. The zero-order valence-corrected chi connectivity index (χ0v) is 13.5. The van der Waals surface area contributed by atoms with E-state index in [2.05, 4.69) is 10.2 Å². The number of morpholine rings is 1. The summed E-state index contributed by atoms with van der Waals surface area (Å²) in [5, 5.41) is 2.98. The maximum absolute atomic E-state index is 13.9. The van der Waals surface area contributed by atoms with Gasteiger partial charge in [0.25, 0.3) is 5.91 Å². The van der Waals surface area contributed by atoms with E-state index in [9.17, 15) is 9.18 Å². The number of hydrogen-bond acceptors (Lipinski definition) is 3. The molecule has 2 aromatic rings. The Labute approximate surface area is 141 Å². The van der Waals surface area contributed by atoms with Gasteiger partial charge >= 0.3 is 0 Å². The minimum Gasteiger partial charge on any atom is -0.379 e. The molecule has 1 aliphatic heterocycles. The zero-order valence-electron chi connectivity index (χ0n) is 13.5. The second kappa shape index (κ2) is 8.04. The summed E-state index contributed by atoms with van der Waals surface area (Å²) < 4.78 is 19.2. The fraction of sp³-hybridized carbons (Fsp3) is 0.316. The molecule has 1 amide bonds. The molecule has 126 valence electrons. The second-order valence-electron chi connectivity index (χ2n) is 5.83. The van der Waals surface area contributed by atoms with Crippen molar-refractivity contribution in [3.05, 3.63) is 71.5 Å². The quantitative estimate of drug-likeness (QED) is 0.917. The molecule has 0 radical (unpaired) electrons. The van der Waals surface area contributed by atoms with Crippen molar-refractivity contribution in [1.82, 2.24) is 10.2 Å². The average Bonchev–Trinajstić information content (AvgIpc) is 2.63. The fourth-order valence-corrected chi connectivity index (χ4v) is 2.84. The second-order valence-corrected chi connectivity index (χ2v) is 5.83. The molecule has 0 unspecified atom stereocenters. The Morgan fingerprint density at radius 1 is 1.08 bits per heavy atom. The summed E-state index contributed by atoms with van der Waals surface area (Å²) in [6, 6.07) is 15.6. The van der Waals surface area contributed by atoms with Gasteiger partial charge in [0.1, 0.15) is 5.82 Å². The van der Waals surface area contributed by atoms with Gasteiger partial charge < -0.3 is 10.1 Å². The summed E-state index contributed by atoms with van der Waals surface area (Å²) in [6.07, 6.45) is 0. The van der Waals surface area contributed by atoms with Gasteiger partial charge in [0.05, 0.1) is 24.8 Å². The number of ether oxygens (including phenoxy) is 1. The molecule has 1 saturated heterocycles. The molecule has 3 rings (SSSR count). The first kappa shape index (κ1) is 16.6. The lowest BCUT2D eigenvalue weighted by molar-refractivity contribution is 0.0332. The summed E-state index contributed by atoms with van der Waals surface area (Å²) in [4.78, 5) is 14.7. The van der Waals surface area contributed by atoms with Crippen LogP contribution in [0.2, 0.25) is 0 Å². The van der Waals surface area contributed by atoms with Crippen molar-refractivity contribution in [3.8, 4) is 0 Å². The first-order valence-corrected chi connectivity index (χ1v) is 8.14. The first-order chi connectivity index (χ1) is 11.7. The Morgan fingerprint density at radius 2 is 1.75 bits per heavy atom. The van der Waals surface area contributed by atoms with Crippen molar-refractivity contribution < 1.29 is 13.9 Å². The number of rotatable bonds is 5. The van der Waals surface area contributed by atoms with Gasteiger partial charge in [-0.3, -0.25) is 9.69 Å². The lowest BCUT2D eigenvalue weighted by atomic mass is 10.1. The van der Waals surface area contributed by atoms with E-state index in [0.717, 1.165) is 18.7 Å². The minimum absolute atomic E-state index is 0.0698. The molecule has 1 heterocycles. The Balaban J connectivity index is 1.76. The molecule has 0 saturated carbocycles. The number of hydrogen-bond donors (Lipinski definition) is 1. The average molecular weight is 328 g/mol. The van der Waals surface area contributed by atoms with E-state index in [1.807, 2.05) is 30.3 Å². The van der Waals surface area contributed by atoms with Crippen LogP contribution in [-0.4, -0.2) is 43.7 Å². The molecule has 0 aromatic heterocycles. The van der Waals surface area contributed by atoms with Gasteiger partial charge in [-0.25, -0.2) is 4.39 Å². The summed E-state index contributed by atoms with van der Waals surface area (Å²) in [6.45, 7) is 3.73. The third-order valence-corrected chi connectivity index (χ3v) is 4.17. The number of halogens is 1. The van der Waals surface area contributed by atoms with Gasteiger partial charge in [0.15, 0.2) is 0 Å². The van der Waals surface area contributed by atoms with Crippen LogP contribution in [0.4, 0.5) is 4.39 Å². The van der Waals surface area contributed by atoms with Crippen molar-refractivity contribution in [2.75, 3.05) is 32.8 Å². The lowest BCUT2D eigenvalue weighted by Gasteiger charge is -2.31. The highest BCUT2D eigenvalue weighted by Gasteiger charge is 2.21. The Morgan fingerprint density at radius 3 is 2.46 bits per heavy atom. The SMILES string of the molecule is O=C(N[C@H](CN1CCOCC1)c1ccccc1)c1ccccc1F. The number of nitrogens with one attached hydrogen (secondary N) is 1. The zero-order chi connectivity index (χ0) is 16.8. The van der Waals surface area contributed by atoms with Gasteiger partial charge in [-0.15, -0.1) is 0 Å². The highest BCUT2D eigenvalue weighted by atomic mass is 19.1. The third-order valence-electron chi connectivity index (χ3n) is 4.17. The third kappa shape index (κ3) is 4.19. The van der Waals surface area contributed by atoms with Crippen molar-refractivity contribution in [3.63, 3.8) is 0 Å². The maximum Gasteiger partial charge on any atom is 0.254 e. The summed E-state index contributed by atoms with van der Waals surface area (Å²) in [5.41, 5.74) is 1.08. The molecule has 0 spiro atoms. The van der Waals surface area contributed by atoms with Crippen LogP contribution in [0.3, 0.4) is 0 Å². The van der Waals surface area contributed by atoms with Crippen molar-refractivity contribution in [2.45, 2.75) is 6.04 Å². The van der Waals surface area contributed by atoms with Crippen molar-refractivity contribution in [2.24, 2.45) is 0 Å². The first-order valence-electron chi connectivity index (χ1n) is 8.14. The molecular weight excluding hydrogens is 307 g/mol. The van der Waals surface area contributed by atoms with Crippen LogP contribution in [-0.2, 0) is 4.74 Å². The molecule has 1 atom stereocenters. The maximum atomic E-state index is 13.9. The van der Waals surface area contributed by atoms with Crippen LogP contribution in [0.15, 0.2) is 54.6 Å². The molecule has 5 heteroatoms. The molecule has 1 aliphatic rings. The Kier molecular flexibility index (Phi) is 5.56. The van der Waals surface area contributed by atoms with Crippen LogP contribution in [0, 0.1) is 5.82 Å². The lowest BCUT2D eigenvalue weighted by Crippen LogP contribution is -2.43. The van der Waals surface area contributed by atoms with E-state index in [-0.39, 0.29) is 11.6 Å². The molecule has 24 heavy (non-hydrogen) atoms. The normalized spacial score (nSPS) is 16.5. The smallest absolute Gasteiger partial charge is 0.254 e. The van der Waals surface area contributed by atoms with E-state index < -0.39 is 11.7 Å². The standard InChI is InChI=1S/C19H21FN2O2/c20-17-9-5-4-8-16(17)19(23)21-18(15-6-2-1-3-7-15)14-22-10-12-24-13-11-22/h1-9,18H,10-14H2,(H,21,23)/t18-/m1/s1. The van der Waals surface area contributed by atoms with Gasteiger partial charge in [0.2, 0.25) is 0 Å². The number of carbonyl (C=O) groups is 1. The van der Waals surface area contributed by atoms with E-state index >= 15 is 0 Å². The number of amides is 1. The highest BCUT2D eigenvalue weighted by molar-refractivity contribution is 5.94. The molecule has 2 aromatic carbocycles. The minimum atomic E-state index is -0.506. The highest BCUT2D eigenvalue weighted by Crippen LogP contribution is 2.17. The number of nitrogens with zero attached hydrogens (tertiary/aromatic N) is 1. The van der Waals surface area contributed by atoms with Crippen LogP contribution in [0.5, 0.6) is 0 Å². The fourth-order valence-electron chi connectivity index (χ4n) is 2.84. The van der Waals surface area contributed by atoms with Gasteiger partial charge in [-0.05, 0) is 17.7 Å². The van der Waals surface area contributed by atoms with Crippen LogP contribution in [0.25, 0.3) is 0 Å². The topological polar surface area (TPSA) is 41.6 Å². The van der Waals surface area contributed by atoms with Crippen LogP contribution < -0.4 is 5.32 Å². The van der Waals surface area contributed by atoms with Crippen LogP contribution in [0.1, 0.15) is 22.0 Å². The van der Waals surface area contributed by atoms with E-state index in [0.29, 0.717) is 19.8 Å². The predicted molar refractivity (Wildman–Crippen MR) is 90.3 cm³/mol. The molecule has 4 nitrogen and oxygen atoms in total. The van der Waals surface area contributed by atoms with Gasteiger partial charge in [-0.2, -0.15) is 0 Å². The summed E-state index contributed by atoms with van der Waals surface area (Å²) in [5.74, 6) is -0.900. The van der Waals surface area contributed by atoms with E-state index in [4.69, 9.17) is 4.74 Å². The molecule has 0 bridgehead atoms. The number of benzene rings is 2. The number of carbonyl (C=O) groups excluding carboxylic acids is 1. The monoisotopic (exact) mass is 328 g/mol. The van der Waals surface area contributed by atoms with Crippen LogP contribution >= 0.6 is 0 Å². The molecular formula is C19H21FN2O2. The van der Waals surface area contributed by atoms with Gasteiger partial charge in [0, 0.05) is 19.6 Å². The van der Waals surface area contributed by atoms with Crippen molar-refractivity contribution >= 4 is 5.91 Å². The Bertz CT molecular complexity index is 672. The molecule has 1 N–H and O–H groups in total. The molecule has 0 aliphatic carbocycles. The predicted octanol–water partition coefficient (Wildman–Crippen LogP) is 2.63. The molecule has 1 fully saturated rings. The van der Waals surface area contributed by atoms with E-state index in [1.165, 1.54) is 12.1 Å². The van der Waals surface area contributed by atoms with E-state index in [1.54, 1.807) is 12.1 Å². The summed E-state index contributed by atoms with van der Waals surface area (Å²) in [7, 11) is 0. The largest absolute Gasteiger partial charge is 0.379 e.